The number of halogens is 2. The SMILES string of the molecule is Cc1ccc(F)cc1S(=O)(=O)N(C)c1cccc(Cl)c1. The number of aryl methyl sites for hydroxylation is 1. The lowest BCUT2D eigenvalue weighted by Gasteiger charge is -2.20. The van der Waals surface area contributed by atoms with E-state index in [2.05, 4.69) is 0 Å². The maximum Gasteiger partial charge on any atom is 0.264 e. The normalized spacial score (nSPS) is 11.4. The summed E-state index contributed by atoms with van der Waals surface area (Å²) >= 11 is 5.86. The summed E-state index contributed by atoms with van der Waals surface area (Å²) in [6, 6.07) is 10.2. The Labute approximate surface area is 122 Å². The van der Waals surface area contributed by atoms with Crippen LogP contribution in [0.3, 0.4) is 0 Å². The predicted octanol–water partition coefficient (Wildman–Crippen LogP) is 3.61. The van der Waals surface area contributed by atoms with Crippen molar-refractivity contribution >= 4 is 27.3 Å². The lowest BCUT2D eigenvalue weighted by Crippen LogP contribution is -2.27. The Morgan fingerprint density at radius 1 is 1.15 bits per heavy atom. The summed E-state index contributed by atoms with van der Waals surface area (Å²) in [5, 5.41) is 0.431. The van der Waals surface area contributed by atoms with Crippen molar-refractivity contribution in [2.24, 2.45) is 0 Å². The molecular formula is C14H13ClFNO2S. The monoisotopic (exact) mass is 313 g/mol. The van der Waals surface area contributed by atoms with Gasteiger partial charge in [-0.25, -0.2) is 12.8 Å². The molecular weight excluding hydrogens is 301 g/mol. The standard InChI is InChI=1S/C14H13ClFNO2S/c1-10-6-7-12(16)9-14(10)20(18,19)17(2)13-5-3-4-11(15)8-13/h3-9H,1-2H3. The zero-order chi connectivity index (χ0) is 14.9. The third-order valence-electron chi connectivity index (χ3n) is 2.96. The number of anilines is 1. The van der Waals surface area contributed by atoms with Crippen LogP contribution < -0.4 is 4.31 Å². The zero-order valence-electron chi connectivity index (χ0n) is 11.0. The van der Waals surface area contributed by atoms with Gasteiger partial charge in [0.1, 0.15) is 5.82 Å². The minimum Gasteiger partial charge on any atom is -0.269 e. The van der Waals surface area contributed by atoms with Gasteiger partial charge in [-0.3, -0.25) is 4.31 Å². The van der Waals surface area contributed by atoms with Gasteiger partial charge in [-0.1, -0.05) is 23.7 Å². The van der Waals surface area contributed by atoms with Crippen LogP contribution >= 0.6 is 11.6 Å². The second-order valence-corrected chi connectivity index (χ2v) is 6.74. The molecule has 0 aliphatic carbocycles. The van der Waals surface area contributed by atoms with Crippen molar-refractivity contribution in [2.45, 2.75) is 11.8 Å². The molecule has 0 aliphatic rings. The van der Waals surface area contributed by atoms with Gasteiger partial charge in [0, 0.05) is 12.1 Å². The highest BCUT2D eigenvalue weighted by Gasteiger charge is 2.23. The number of hydrogen-bond donors (Lipinski definition) is 0. The van der Waals surface area contributed by atoms with Crippen LogP contribution in [0.5, 0.6) is 0 Å². The van der Waals surface area contributed by atoms with Gasteiger partial charge in [0.2, 0.25) is 0 Å². The molecule has 2 rings (SSSR count). The van der Waals surface area contributed by atoms with Crippen molar-refractivity contribution in [1.82, 2.24) is 0 Å². The van der Waals surface area contributed by atoms with Crippen LogP contribution in [0, 0.1) is 12.7 Å². The number of nitrogens with zero attached hydrogens (tertiary/aromatic N) is 1. The molecule has 0 unspecified atom stereocenters. The van der Waals surface area contributed by atoms with Crippen molar-refractivity contribution in [3.8, 4) is 0 Å². The van der Waals surface area contributed by atoms with E-state index in [1.54, 1.807) is 25.1 Å². The molecule has 2 aromatic carbocycles. The molecule has 0 aliphatic heterocycles. The molecule has 106 valence electrons. The van der Waals surface area contributed by atoms with E-state index in [-0.39, 0.29) is 4.90 Å². The first-order chi connectivity index (χ1) is 9.32. The van der Waals surface area contributed by atoms with Crippen LogP contribution in [0.15, 0.2) is 47.4 Å². The maximum atomic E-state index is 13.3. The van der Waals surface area contributed by atoms with Crippen molar-refractivity contribution in [1.29, 1.82) is 0 Å². The fraction of sp³-hybridized carbons (Fsp3) is 0.143. The summed E-state index contributed by atoms with van der Waals surface area (Å²) < 4.78 is 39.5. The van der Waals surface area contributed by atoms with Crippen molar-refractivity contribution in [3.05, 3.63) is 58.9 Å². The third-order valence-corrected chi connectivity index (χ3v) is 5.12. The Kier molecular flexibility index (Phi) is 4.01. The average molecular weight is 314 g/mol. The maximum absolute atomic E-state index is 13.3. The molecule has 2 aromatic rings. The summed E-state index contributed by atoms with van der Waals surface area (Å²) in [7, 11) is -2.42. The molecule has 0 amide bonds. The van der Waals surface area contributed by atoms with E-state index in [1.165, 1.54) is 25.2 Å². The van der Waals surface area contributed by atoms with Gasteiger partial charge in [0.15, 0.2) is 0 Å². The van der Waals surface area contributed by atoms with Crippen molar-refractivity contribution in [3.63, 3.8) is 0 Å². The van der Waals surface area contributed by atoms with Crippen LogP contribution in [0.25, 0.3) is 0 Å². The van der Waals surface area contributed by atoms with E-state index in [4.69, 9.17) is 11.6 Å². The van der Waals surface area contributed by atoms with E-state index >= 15 is 0 Å². The Hall–Kier alpha value is -1.59. The Morgan fingerprint density at radius 2 is 1.85 bits per heavy atom. The van der Waals surface area contributed by atoms with Gasteiger partial charge in [-0.15, -0.1) is 0 Å². The van der Waals surface area contributed by atoms with Crippen molar-refractivity contribution in [2.75, 3.05) is 11.4 Å². The molecule has 0 atom stereocenters. The second-order valence-electron chi connectivity index (χ2n) is 4.36. The highest BCUT2D eigenvalue weighted by atomic mass is 35.5. The zero-order valence-corrected chi connectivity index (χ0v) is 12.5. The molecule has 0 fully saturated rings. The van der Waals surface area contributed by atoms with E-state index in [0.29, 0.717) is 16.3 Å². The molecule has 3 nitrogen and oxygen atoms in total. The minimum atomic E-state index is -3.83. The van der Waals surface area contributed by atoms with Crippen LogP contribution in [-0.4, -0.2) is 15.5 Å². The molecule has 20 heavy (non-hydrogen) atoms. The lowest BCUT2D eigenvalue weighted by atomic mass is 10.2. The number of sulfonamides is 1. The van der Waals surface area contributed by atoms with E-state index in [1.807, 2.05) is 0 Å². The molecule has 6 heteroatoms. The summed E-state index contributed by atoms with van der Waals surface area (Å²) in [6.45, 7) is 1.62. The quantitative estimate of drug-likeness (QED) is 0.868. The Bertz CT molecular complexity index is 747. The van der Waals surface area contributed by atoms with Crippen LogP contribution in [-0.2, 0) is 10.0 Å². The first kappa shape index (κ1) is 14.8. The number of rotatable bonds is 3. The van der Waals surface area contributed by atoms with Gasteiger partial charge in [0.25, 0.3) is 10.0 Å². The van der Waals surface area contributed by atoms with Gasteiger partial charge in [-0.2, -0.15) is 0 Å². The van der Waals surface area contributed by atoms with Gasteiger partial charge >= 0.3 is 0 Å². The number of benzene rings is 2. The molecule has 0 spiro atoms. The minimum absolute atomic E-state index is 0.0556. The molecule has 0 aromatic heterocycles. The highest BCUT2D eigenvalue weighted by molar-refractivity contribution is 7.92. The van der Waals surface area contributed by atoms with E-state index < -0.39 is 15.8 Å². The van der Waals surface area contributed by atoms with E-state index in [0.717, 1.165) is 10.4 Å². The Balaban J connectivity index is 2.52. The van der Waals surface area contributed by atoms with Crippen molar-refractivity contribution < 1.29 is 12.8 Å². The lowest BCUT2D eigenvalue weighted by molar-refractivity contribution is 0.588. The summed E-state index contributed by atoms with van der Waals surface area (Å²) in [6.07, 6.45) is 0. The van der Waals surface area contributed by atoms with Gasteiger partial charge < -0.3 is 0 Å². The van der Waals surface area contributed by atoms with Gasteiger partial charge in [0.05, 0.1) is 10.6 Å². The van der Waals surface area contributed by atoms with E-state index in [9.17, 15) is 12.8 Å². The summed E-state index contributed by atoms with van der Waals surface area (Å²) in [4.78, 5) is -0.0556. The highest BCUT2D eigenvalue weighted by Crippen LogP contribution is 2.26. The molecule has 0 saturated carbocycles. The first-order valence-electron chi connectivity index (χ1n) is 5.83. The van der Waals surface area contributed by atoms with Crippen LogP contribution in [0.2, 0.25) is 5.02 Å². The molecule has 0 bridgehead atoms. The fourth-order valence-electron chi connectivity index (χ4n) is 1.81. The van der Waals surface area contributed by atoms with Gasteiger partial charge in [-0.05, 0) is 42.8 Å². The molecule has 0 N–H and O–H groups in total. The molecule has 0 radical (unpaired) electrons. The fourth-order valence-corrected chi connectivity index (χ4v) is 3.42. The van der Waals surface area contributed by atoms with Crippen LogP contribution in [0.1, 0.15) is 5.56 Å². The second kappa shape index (κ2) is 5.42. The third kappa shape index (κ3) is 2.78. The smallest absolute Gasteiger partial charge is 0.264 e. The summed E-state index contributed by atoms with van der Waals surface area (Å²) in [5.74, 6) is -0.589. The molecule has 0 saturated heterocycles. The first-order valence-corrected chi connectivity index (χ1v) is 7.65. The summed E-state index contributed by atoms with van der Waals surface area (Å²) in [5.41, 5.74) is 0.904. The topological polar surface area (TPSA) is 37.4 Å². The Morgan fingerprint density at radius 3 is 2.50 bits per heavy atom. The average Bonchev–Trinajstić information content (AvgIpc) is 2.40. The largest absolute Gasteiger partial charge is 0.269 e. The number of hydrogen-bond acceptors (Lipinski definition) is 2. The van der Waals surface area contributed by atoms with Crippen LogP contribution in [0.4, 0.5) is 10.1 Å². The predicted molar refractivity (Wildman–Crippen MR) is 78.2 cm³/mol. The molecule has 0 heterocycles.